The van der Waals surface area contributed by atoms with Crippen LogP contribution in [0, 0.1) is 5.41 Å². The van der Waals surface area contributed by atoms with Crippen LogP contribution in [0.5, 0.6) is 0 Å². The Kier molecular flexibility index (Phi) is 4.00. The van der Waals surface area contributed by atoms with E-state index in [1.54, 1.807) is 11.8 Å². The topological polar surface area (TPSA) is 58.6 Å². The molecule has 4 nitrogen and oxygen atoms in total. The highest BCUT2D eigenvalue weighted by Crippen LogP contribution is 2.48. The van der Waals surface area contributed by atoms with Gasteiger partial charge in [0.2, 0.25) is 0 Å². The van der Waals surface area contributed by atoms with Crippen molar-refractivity contribution in [2.75, 3.05) is 31.2 Å². The summed E-state index contributed by atoms with van der Waals surface area (Å²) in [6.45, 7) is 3.77. The Morgan fingerprint density at radius 1 is 1.41 bits per heavy atom. The van der Waals surface area contributed by atoms with E-state index in [1.165, 1.54) is 0 Å². The first-order valence-corrected chi connectivity index (χ1v) is 7.48. The Balaban J connectivity index is 2.25. The minimum Gasteiger partial charge on any atom is -0.465 e. The van der Waals surface area contributed by atoms with Crippen molar-refractivity contribution < 1.29 is 14.6 Å². The third kappa shape index (κ3) is 2.20. The lowest BCUT2D eigenvalue weighted by atomic mass is 9.65. The first-order valence-electron chi connectivity index (χ1n) is 6.33. The van der Waals surface area contributed by atoms with E-state index in [4.69, 9.17) is 4.74 Å². The van der Waals surface area contributed by atoms with E-state index in [0.29, 0.717) is 31.6 Å². The molecule has 5 heteroatoms. The quantitative estimate of drug-likeness (QED) is 0.734. The lowest BCUT2D eigenvalue weighted by Crippen LogP contribution is -2.58. The van der Waals surface area contributed by atoms with E-state index in [1.807, 2.05) is 6.92 Å². The van der Waals surface area contributed by atoms with Crippen molar-refractivity contribution in [2.24, 2.45) is 5.41 Å². The molecular weight excluding hydrogens is 238 g/mol. The lowest BCUT2D eigenvalue weighted by Gasteiger charge is -2.45. The molecule has 17 heavy (non-hydrogen) atoms. The van der Waals surface area contributed by atoms with Gasteiger partial charge in [0.25, 0.3) is 0 Å². The first kappa shape index (κ1) is 13.2. The summed E-state index contributed by atoms with van der Waals surface area (Å²) in [4.78, 5) is 12.3. The van der Waals surface area contributed by atoms with Crippen molar-refractivity contribution in [3.63, 3.8) is 0 Å². The van der Waals surface area contributed by atoms with E-state index >= 15 is 0 Å². The fourth-order valence-electron chi connectivity index (χ4n) is 2.91. The number of thioether (sulfide) groups is 1. The predicted octanol–water partition coefficient (Wildman–Crippen LogP) is 0.787. The fourth-order valence-corrected chi connectivity index (χ4v) is 4.30. The van der Waals surface area contributed by atoms with E-state index < -0.39 is 11.0 Å². The number of piperidine rings is 1. The van der Waals surface area contributed by atoms with Crippen LogP contribution in [0.3, 0.4) is 0 Å². The second-order valence-corrected chi connectivity index (χ2v) is 5.99. The molecule has 0 radical (unpaired) electrons. The van der Waals surface area contributed by atoms with Crippen LogP contribution >= 0.6 is 11.8 Å². The summed E-state index contributed by atoms with van der Waals surface area (Å²) in [5, 5.41) is 14.1. The van der Waals surface area contributed by atoms with Gasteiger partial charge in [-0.3, -0.25) is 4.79 Å². The molecule has 98 valence electrons. The summed E-state index contributed by atoms with van der Waals surface area (Å²) in [7, 11) is 0. The van der Waals surface area contributed by atoms with Gasteiger partial charge in [0.15, 0.2) is 0 Å². The minimum atomic E-state index is -0.869. The number of carbonyl (C=O) groups is 1. The van der Waals surface area contributed by atoms with Gasteiger partial charge in [-0.15, -0.1) is 0 Å². The molecule has 0 aromatic rings. The van der Waals surface area contributed by atoms with Gasteiger partial charge in [-0.1, -0.05) is 0 Å². The molecule has 1 unspecified atom stereocenters. The summed E-state index contributed by atoms with van der Waals surface area (Å²) in [6.07, 6.45) is 2.07. The third-order valence-corrected chi connectivity index (χ3v) is 5.19. The number of esters is 1. The summed E-state index contributed by atoms with van der Waals surface area (Å²) < 4.78 is 5.23. The first-order chi connectivity index (χ1) is 8.15. The van der Waals surface area contributed by atoms with Crippen LogP contribution in [0.2, 0.25) is 0 Å². The molecule has 2 saturated heterocycles. The van der Waals surface area contributed by atoms with Crippen LogP contribution in [-0.2, 0) is 9.53 Å². The van der Waals surface area contributed by atoms with Crippen LogP contribution in [0.1, 0.15) is 26.2 Å². The van der Waals surface area contributed by atoms with E-state index in [-0.39, 0.29) is 5.97 Å². The molecule has 2 rings (SSSR count). The molecule has 1 atom stereocenters. The van der Waals surface area contributed by atoms with Crippen molar-refractivity contribution >= 4 is 17.7 Å². The molecule has 0 spiro atoms. The number of rotatable bonds is 3. The number of nitrogens with one attached hydrogen (secondary N) is 1. The van der Waals surface area contributed by atoms with Crippen LogP contribution < -0.4 is 5.32 Å². The maximum atomic E-state index is 12.3. The van der Waals surface area contributed by atoms with Gasteiger partial charge in [0.1, 0.15) is 0 Å². The Hall–Kier alpha value is -0.260. The van der Waals surface area contributed by atoms with E-state index in [2.05, 4.69) is 5.32 Å². The van der Waals surface area contributed by atoms with Gasteiger partial charge in [-0.2, -0.15) is 11.8 Å². The van der Waals surface area contributed by atoms with Crippen molar-refractivity contribution in [3.8, 4) is 0 Å². The molecule has 0 aromatic carbocycles. The minimum absolute atomic E-state index is 0.202. The van der Waals surface area contributed by atoms with Crippen LogP contribution in [-0.4, -0.2) is 47.9 Å². The Labute approximate surface area is 106 Å². The molecule has 2 aliphatic rings. The van der Waals surface area contributed by atoms with Crippen molar-refractivity contribution in [3.05, 3.63) is 0 Å². The van der Waals surface area contributed by atoms with Crippen molar-refractivity contribution in [2.45, 2.75) is 31.8 Å². The molecule has 0 bridgehead atoms. The molecule has 0 amide bonds. The number of carbonyl (C=O) groups excluding carboxylic acids is 1. The number of aliphatic hydroxyl groups is 1. The summed E-state index contributed by atoms with van der Waals surface area (Å²) in [5.41, 5.74) is -1.55. The smallest absolute Gasteiger partial charge is 0.315 e. The number of ether oxygens (including phenoxy) is 1. The SMILES string of the molecule is CCOC(=O)C1(C2(O)CCSC2)CCNCC1. The Morgan fingerprint density at radius 2 is 2.12 bits per heavy atom. The fraction of sp³-hybridized carbons (Fsp3) is 0.917. The Bertz CT molecular complexity index is 283. The molecule has 0 aliphatic carbocycles. The second-order valence-electron chi connectivity index (χ2n) is 4.89. The lowest BCUT2D eigenvalue weighted by molar-refractivity contribution is -0.176. The Morgan fingerprint density at radius 3 is 2.65 bits per heavy atom. The molecule has 2 N–H and O–H groups in total. The molecule has 2 heterocycles. The zero-order chi connectivity index (χ0) is 12.4. The van der Waals surface area contributed by atoms with Gasteiger partial charge in [0, 0.05) is 5.75 Å². The van der Waals surface area contributed by atoms with Gasteiger partial charge in [0.05, 0.1) is 17.6 Å². The maximum Gasteiger partial charge on any atom is 0.315 e. The standard InChI is InChI=1S/C12H21NO3S/c1-2-16-10(14)11(3-6-13-7-4-11)12(15)5-8-17-9-12/h13,15H,2-9H2,1H3. The molecule has 2 aliphatic heterocycles. The normalized spacial score (nSPS) is 32.4. The third-order valence-electron chi connectivity index (χ3n) is 4.01. The maximum absolute atomic E-state index is 12.3. The highest BCUT2D eigenvalue weighted by Gasteiger charge is 2.57. The zero-order valence-corrected chi connectivity index (χ0v) is 11.1. The van der Waals surface area contributed by atoms with E-state index in [9.17, 15) is 9.90 Å². The van der Waals surface area contributed by atoms with Crippen LogP contribution in [0.4, 0.5) is 0 Å². The van der Waals surface area contributed by atoms with Gasteiger partial charge in [-0.25, -0.2) is 0 Å². The van der Waals surface area contributed by atoms with Crippen molar-refractivity contribution in [1.82, 2.24) is 5.32 Å². The summed E-state index contributed by atoms with van der Waals surface area (Å²) >= 11 is 1.73. The van der Waals surface area contributed by atoms with Gasteiger partial charge < -0.3 is 15.2 Å². The monoisotopic (exact) mass is 259 g/mol. The number of hydrogen-bond donors (Lipinski definition) is 2. The second kappa shape index (κ2) is 5.16. The molecule has 0 aromatic heterocycles. The highest BCUT2D eigenvalue weighted by molar-refractivity contribution is 7.99. The molecular formula is C12H21NO3S. The average Bonchev–Trinajstić information content (AvgIpc) is 2.79. The highest BCUT2D eigenvalue weighted by atomic mass is 32.2. The van der Waals surface area contributed by atoms with Crippen molar-refractivity contribution in [1.29, 1.82) is 0 Å². The van der Waals surface area contributed by atoms with Gasteiger partial charge >= 0.3 is 5.97 Å². The summed E-state index contributed by atoms with van der Waals surface area (Å²) in [6, 6.07) is 0. The zero-order valence-electron chi connectivity index (χ0n) is 10.3. The van der Waals surface area contributed by atoms with E-state index in [0.717, 1.165) is 18.8 Å². The van der Waals surface area contributed by atoms with Gasteiger partial charge in [-0.05, 0) is 45.0 Å². The summed E-state index contributed by atoms with van der Waals surface area (Å²) in [5.74, 6) is 1.39. The largest absolute Gasteiger partial charge is 0.465 e. The average molecular weight is 259 g/mol. The molecule has 0 saturated carbocycles. The van der Waals surface area contributed by atoms with Crippen LogP contribution in [0.15, 0.2) is 0 Å². The molecule has 2 fully saturated rings. The predicted molar refractivity (Wildman–Crippen MR) is 68.1 cm³/mol. The van der Waals surface area contributed by atoms with Crippen LogP contribution in [0.25, 0.3) is 0 Å². The number of hydrogen-bond acceptors (Lipinski definition) is 5.